The van der Waals surface area contributed by atoms with E-state index in [4.69, 9.17) is 37.9 Å². The van der Waals surface area contributed by atoms with Gasteiger partial charge in [0.15, 0.2) is 27.2 Å². The number of ether oxygens (including phenoxy) is 8. The van der Waals surface area contributed by atoms with Crippen molar-refractivity contribution in [2.75, 3.05) is 27.2 Å². The number of hydrogen-bond donors (Lipinski definition) is 0. The minimum atomic E-state index is -0.469. The molecule has 7 rings (SSSR count). The summed E-state index contributed by atoms with van der Waals surface area (Å²) in [6.45, 7) is 23.4. The predicted octanol–water partition coefficient (Wildman–Crippen LogP) is 12.8. The number of ketones is 1. The lowest BCUT2D eigenvalue weighted by Gasteiger charge is -2.52. The number of carbonyl (C=O) groups excluding carboxylic acids is 5. The van der Waals surface area contributed by atoms with Gasteiger partial charge in [-0.25, -0.2) is 0 Å². The summed E-state index contributed by atoms with van der Waals surface area (Å²) in [5, 5.41) is 0. The molecule has 0 aromatic heterocycles. The van der Waals surface area contributed by atoms with Crippen LogP contribution in [0.25, 0.3) is 0 Å². The Kier molecular flexibility index (Phi) is 26.2. The Labute approximate surface area is 418 Å². The van der Waals surface area contributed by atoms with Gasteiger partial charge in [-0.15, -0.1) is 0 Å². The number of hydrogen-bond acceptors (Lipinski definition) is 13. The molecule has 0 aliphatic heterocycles. The van der Waals surface area contributed by atoms with Gasteiger partial charge in [0.2, 0.25) is 0 Å². The molecule has 0 N–H and O–H groups in total. The number of rotatable bonds is 20. The zero-order valence-corrected chi connectivity index (χ0v) is 45.5. The Bertz CT molecular complexity index is 1530. The second-order valence-corrected chi connectivity index (χ2v) is 23.3. The van der Waals surface area contributed by atoms with Gasteiger partial charge in [-0.05, 0) is 157 Å². The largest absolute Gasteiger partial charge is 0.438 e. The number of Topliss-reactive ketones (excluding diaryl/α,β-unsaturated/α-hetero) is 1. The molecule has 0 saturated heterocycles. The van der Waals surface area contributed by atoms with Gasteiger partial charge in [0.25, 0.3) is 0 Å². The Morgan fingerprint density at radius 2 is 0.725 bits per heavy atom. The highest BCUT2D eigenvalue weighted by molar-refractivity contribution is 5.86. The Morgan fingerprint density at radius 3 is 1.06 bits per heavy atom. The van der Waals surface area contributed by atoms with E-state index in [0.29, 0.717) is 23.9 Å². The van der Waals surface area contributed by atoms with Crippen LogP contribution in [0.1, 0.15) is 231 Å². The Hall–Kier alpha value is -2.61. The van der Waals surface area contributed by atoms with Crippen LogP contribution in [0.2, 0.25) is 0 Å². The maximum absolute atomic E-state index is 12.3. The second kappa shape index (κ2) is 29.8. The maximum atomic E-state index is 12.3. The van der Waals surface area contributed by atoms with E-state index in [1.807, 2.05) is 83.1 Å². The quantitative estimate of drug-likeness (QED) is 0.0491. The summed E-state index contributed by atoms with van der Waals surface area (Å²) >= 11 is 0. The summed E-state index contributed by atoms with van der Waals surface area (Å²) in [5.74, 6) is 1.24. The van der Waals surface area contributed by atoms with Crippen LogP contribution < -0.4 is 0 Å². The van der Waals surface area contributed by atoms with Gasteiger partial charge in [-0.3, -0.25) is 24.0 Å². The molecule has 0 aromatic carbocycles. The molecule has 0 heterocycles. The molecular formula is C56H98O13. The van der Waals surface area contributed by atoms with Crippen LogP contribution in [-0.4, -0.2) is 81.2 Å². The van der Waals surface area contributed by atoms with Crippen LogP contribution in [0, 0.1) is 45.3 Å². The van der Waals surface area contributed by atoms with Gasteiger partial charge in [0, 0.05) is 11.8 Å². The smallest absolute Gasteiger partial charge is 0.313 e. The SMILES string of the molecule is CCC(C)(C)C(=O)OCOC1C2CC3CC(C2)C(=O)C1C3.CCC(C)(C)C(=O)OCOC1CCCC1.CCC(C)(C)C(=O)OCOC1CCCCC1.CCC(C)(C)C(=O)OCOC1CCCCCC1. The third-order valence-corrected chi connectivity index (χ3v) is 16.4. The zero-order chi connectivity index (χ0) is 51.3. The minimum absolute atomic E-state index is 0.0114. The number of esters is 4. The fourth-order valence-corrected chi connectivity index (χ4v) is 9.60. The topological polar surface area (TPSA) is 159 Å². The fourth-order valence-electron chi connectivity index (χ4n) is 9.60. The highest BCUT2D eigenvalue weighted by atomic mass is 16.7. The summed E-state index contributed by atoms with van der Waals surface area (Å²) in [6.07, 6.45) is 26.2. The van der Waals surface area contributed by atoms with Crippen molar-refractivity contribution in [3.63, 3.8) is 0 Å². The van der Waals surface area contributed by atoms with Crippen molar-refractivity contribution in [2.45, 2.75) is 255 Å². The summed E-state index contributed by atoms with van der Waals surface area (Å²) < 4.78 is 43.2. The Balaban J connectivity index is 0.000000246. The molecule has 7 saturated carbocycles. The zero-order valence-electron chi connectivity index (χ0n) is 45.5. The monoisotopic (exact) mass is 979 g/mol. The molecule has 0 radical (unpaired) electrons. The van der Waals surface area contributed by atoms with Crippen LogP contribution in [0.15, 0.2) is 0 Å². The molecule has 0 spiro atoms. The van der Waals surface area contributed by atoms with Crippen molar-refractivity contribution in [3.8, 4) is 0 Å². The van der Waals surface area contributed by atoms with Crippen molar-refractivity contribution in [1.82, 2.24) is 0 Å². The molecule has 0 amide bonds. The van der Waals surface area contributed by atoms with E-state index in [2.05, 4.69) is 0 Å². The third kappa shape index (κ3) is 20.4. The second-order valence-electron chi connectivity index (χ2n) is 23.3. The van der Waals surface area contributed by atoms with E-state index in [0.717, 1.165) is 89.4 Å². The molecule has 13 nitrogen and oxygen atoms in total. The van der Waals surface area contributed by atoms with Crippen molar-refractivity contribution < 1.29 is 61.9 Å². The molecule has 4 bridgehead atoms. The van der Waals surface area contributed by atoms with E-state index in [-0.39, 0.29) is 80.5 Å². The van der Waals surface area contributed by atoms with Crippen molar-refractivity contribution in [1.29, 1.82) is 0 Å². The van der Waals surface area contributed by atoms with Crippen LogP contribution >= 0.6 is 0 Å². The summed E-state index contributed by atoms with van der Waals surface area (Å²) in [7, 11) is 0. The lowest BCUT2D eigenvalue weighted by Crippen LogP contribution is -2.55. The normalized spacial score (nSPS) is 24.3. The standard InChI is InChI=1S/C17H26O4.C14H26O3.C13H24O3.C12H22O3/c1-4-17(2,3)16(19)21-9-20-15-12-6-10-5-11(8-12)14(18)13(15)7-10;1-4-14(2,3)13(15)17-11-16-12-9-7-5-6-8-10-12;1-4-13(2,3)12(14)16-10-15-11-8-6-5-7-9-11;1-4-12(2,3)11(13)15-9-14-10-7-5-6-8-10/h10-13,15H,4-9H2,1-3H3;12H,4-11H2,1-3H3;11H,4-10H2,1-3H3;10H,4-9H2,1-3H3. The first kappa shape index (κ1) is 60.7. The predicted molar refractivity (Wildman–Crippen MR) is 266 cm³/mol. The summed E-state index contributed by atoms with van der Waals surface area (Å²) in [6, 6.07) is 0. The van der Waals surface area contributed by atoms with Gasteiger partial charge in [-0.1, -0.05) is 85.5 Å². The molecule has 7 aliphatic rings. The van der Waals surface area contributed by atoms with Crippen molar-refractivity contribution in [3.05, 3.63) is 0 Å². The van der Waals surface area contributed by atoms with Crippen LogP contribution in [-0.2, 0) is 61.9 Å². The van der Waals surface area contributed by atoms with Gasteiger partial charge < -0.3 is 37.9 Å². The summed E-state index contributed by atoms with van der Waals surface area (Å²) in [4.78, 5) is 59.1. The van der Waals surface area contributed by atoms with Crippen LogP contribution in [0.4, 0.5) is 0 Å². The molecule has 5 atom stereocenters. The van der Waals surface area contributed by atoms with Gasteiger partial charge in [0.05, 0.1) is 46.1 Å². The van der Waals surface area contributed by atoms with Gasteiger partial charge >= 0.3 is 23.9 Å². The number of carbonyl (C=O) groups is 5. The molecule has 13 heteroatoms. The molecule has 7 fully saturated rings. The van der Waals surface area contributed by atoms with E-state index in [1.54, 1.807) is 0 Å². The average Bonchev–Trinajstić information content (AvgIpc) is 3.73. The van der Waals surface area contributed by atoms with Gasteiger partial charge in [0.1, 0.15) is 5.78 Å². The minimum Gasteiger partial charge on any atom is -0.438 e. The molecular weight excluding hydrogens is 881 g/mol. The first-order valence-corrected chi connectivity index (χ1v) is 27.3. The fraction of sp³-hybridized carbons (Fsp3) is 0.911. The van der Waals surface area contributed by atoms with E-state index in [1.165, 1.54) is 64.2 Å². The average molecular weight is 979 g/mol. The lowest BCUT2D eigenvalue weighted by molar-refractivity contribution is -0.193. The van der Waals surface area contributed by atoms with Crippen molar-refractivity contribution >= 4 is 29.7 Å². The highest BCUT2D eigenvalue weighted by Crippen LogP contribution is 2.53. The first-order chi connectivity index (χ1) is 32.6. The Morgan fingerprint density at radius 1 is 0.420 bits per heavy atom. The highest BCUT2D eigenvalue weighted by Gasteiger charge is 2.54. The van der Waals surface area contributed by atoms with E-state index >= 15 is 0 Å². The van der Waals surface area contributed by atoms with E-state index < -0.39 is 16.2 Å². The van der Waals surface area contributed by atoms with Crippen molar-refractivity contribution in [2.24, 2.45) is 45.3 Å². The van der Waals surface area contributed by atoms with Gasteiger partial charge in [-0.2, -0.15) is 0 Å². The van der Waals surface area contributed by atoms with Crippen LogP contribution in [0.5, 0.6) is 0 Å². The van der Waals surface area contributed by atoms with Crippen LogP contribution in [0.3, 0.4) is 0 Å². The van der Waals surface area contributed by atoms with E-state index in [9.17, 15) is 24.0 Å². The first-order valence-electron chi connectivity index (χ1n) is 27.3. The maximum Gasteiger partial charge on any atom is 0.313 e. The third-order valence-electron chi connectivity index (χ3n) is 16.4. The summed E-state index contributed by atoms with van der Waals surface area (Å²) in [5.41, 5.74) is -1.65. The molecule has 69 heavy (non-hydrogen) atoms. The molecule has 0 aromatic rings. The lowest BCUT2D eigenvalue weighted by atomic mass is 9.54. The molecule has 5 unspecified atom stereocenters. The molecule has 400 valence electrons. The molecule has 7 aliphatic carbocycles.